The fourth-order valence-electron chi connectivity index (χ4n) is 2.92. The Morgan fingerprint density at radius 3 is 2.60 bits per heavy atom. The van der Waals surface area contributed by atoms with Crippen molar-refractivity contribution in [3.8, 4) is 5.75 Å². The summed E-state index contributed by atoms with van der Waals surface area (Å²) in [5.41, 5.74) is 7.44. The summed E-state index contributed by atoms with van der Waals surface area (Å²) in [7, 11) is 3.48. The molecule has 4 heteroatoms. The van der Waals surface area contributed by atoms with E-state index in [1.165, 1.54) is 12.8 Å². The molecule has 1 aliphatic heterocycles. The molecule has 0 aliphatic carbocycles. The number of likely N-dealkylation sites (tertiary alicyclic amines) is 1. The zero-order valence-electron chi connectivity index (χ0n) is 12.5. The summed E-state index contributed by atoms with van der Waals surface area (Å²) in [4.78, 5) is 2.45. The highest BCUT2D eigenvalue weighted by Crippen LogP contribution is 2.25. The van der Waals surface area contributed by atoms with E-state index in [1.807, 2.05) is 18.2 Å². The molecule has 1 aliphatic rings. The molecule has 1 aromatic rings. The zero-order chi connectivity index (χ0) is 14.4. The summed E-state index contributed by atoms with van der Waals surface area (Å²) < 4.78 is 10.6. The van der Waals surface area contributed by atoms with Gasteiger partial charge in [0.2, 0.25) is 0 Å². The Labute approximate surface area is 121 Å². The molecular weight excluding hydrogens is 252 g/mol. The van der Waals surface area contributed by atoms with Gasteiger partial charge in [0.05, 0.1) is 7.11 Å². The quantitative estimate of drug-likeness (QED) is 0.865. The van der Waals surface area contributed by atoms with Crippen molar-refractivity contribution in [1.29, 1.82) is 0 Å². The fourth-order valence-corrected chi connectivity index (χ4v) is 2.92. The summed E-state index contributed by atoms with van der Waals surface area (Å²) in [6, 6.07) is 8.03. The Balaban J connectivity index is 1.87. The van der Waals surface area contributed by atoms with Crippen LogP contribution in [0.3, 0.4) is 0 Å². The summed E-state index contributed by atoms with van der Waals surface area (Å²) >= 11 is 0. The lowest BCUT2D eigenvalue weighted by Gasteiger charge is -2.33. The number of hydrogen-bond donors (Lipinski definition) is 1. The van der Waals surface area contributed by atoms with Crippen LogP contribution in [0.4, 0.5) is 0 Å². The smallest absolute Gasteiger partial charge is 0.123 e. The Bertz CT molecular complexity index is 403. The van der Waals surface area contributed by atoms with E-state index in [2.05, 4.69) is 11.0 Å². The van der Waals surface area contributed by atoms with Crippen LogP contribution in [0.2, 0.25) is 0 Å². The topological polar surface area (TPSA) is 47.7 Å². The van der Waals surface area contributed by atoms with Crippen LogP contribution in [-0.2, 0) is 4.74 Å². The van der Waals surface area contributed by atoms with Crippen molar-refractivity contribution in [3.05, 3.63) is 29.8 Å². The molecule has 1 atom stereocenters. The number of hydrogen-bond acceptors (Lipinski definition) is 4. The largest absolute Gasteiger partial charge is 0.496 e. The van der Waals surface area contributed by atoms with Crippen LogP contribution in [0.5, 0.6) is 5.75 Å². The number of rotatable bonds is 6. The van der Waals surface area contributed by atoms with Gasteiger partial charge in [-0.15, -0.1) is 0 Å². The van der Waals surface area contributed by atoms with Gasteiger partial charge < -0.3 is 20.1 Å². The lowest BCUT2D eigenvalue weighted by Crippen LogP contribution is -2.39. The maximum Gasteiger partial charge on any atom is 0.123 e. The first kappa shape index (κ1) is 15.3. The van der Waals surface area contributed by atoms with Crippen LogP contribution >= 0.6 is 0 Å². The minimum absolute atomic E-state index is 0.00475. The molecular formula is C16H26N2O2. The van der Waals surface area contributed by atoms with Gasteiger partial charge in [-0.1, -0.05) is 18.2 Å². The van der Waals surface area contributed by atoms with Crippen molar-refractivity contribution in [3.63, 3.8) is 0 Å². The van der Waals surface area contributed by atoms with E-state index < -0.39 is 0 Å². The molecule has 112 valence electrons. The van der Waals surface area contributed by atoms with E-state index in [1.54, 1.807) is 14.2 Å². The van der Waals surface area contributed by atoms with Gasteiger partial charge in [0, 0.05) is 31.9 Å². The van der Waals surface area contributed by atoms with Crippen LogP contribution in [0.1, 0.15) is 24.4 Å². The van der Waals surface area contributed by atoms with Gasteiger partial charge in [-0.05, 0) is 37.9 Å². The molecule has 2 N–H and O–H groups in total. The number of benzene rings is 1. The Kier molecular flexibility index (Phi) is 5.83. The molecule has 2 rings (SSSR count). The van der Waals surface area contributed by atoms with Gasteiger partial charge in [-0.3, -0.25) is 0 Å². The van der Waals surface area contributed by atoms with Crippen molar-refractivity contribution in [2.75, 3.05) is 40.5 Å². The van der Waals surface area contributed by atoms with E-state index >= 15 is 0 Å². The number of nitrogens with two attached hydrogens (primary N) is 1. The molecule has 0 radical (unpaired) electrons. The van der Waals surface area contributed by atoms with E-state index in [0.717, 1.165) is 37.6 Å². The highest BCUT2D eigenvalue weighted by molar-refractivity contribution is 5.35. The third-order valence-electron chi connectivity index (χ3n) is 4.10. The van der Waals surface area contributed by atoms with Gasteiger partial charge in [0.1, 0.15) is 5.75 Å². The van der Waals surface area contributed by atoms with Gasteiger partial charge in [-0.2, -0.15) is 0 Å². The predicted molar refractivity (Wildman–Crippen MR) is 81.0 cm³/mol. The third-order valence-corrected chi connectivity index (χ3v) is 4.10. The molecule has 1 aromatic carbocycles. The summed E-state index contributed by atoms with van der Waals surface area (Å²) in [6.45, 7) is 3.99. The molecule has 0 saturated carbocycles. The van der Waals surface area contributed by atoms with E-state index in [9.17, 15) is 0 Å². The summed E-state index contributed by atoms with van der Waals surface area (Å²) in [5, 5.41) is 0. The number of nitrogens with zero attached hydrogens (tertiary/aromatic N) is 1. The SMILES string of the molecule is COCC1CCN(CC(N)c2ccccc2OC)CC1. The monoisotopic (exact) mass is 278 g/mol. The van der Waals surface area contributed by atoms with Gasteiger partial charge >= 0.3 is 0 Å². The predicted octanol–water partition coefficient (Wildman–Crippen LogP) is 2.05. The molecule has 4 nitrogen and oxygen atoms in total. The number of ether oxygens (including phenoxy) is 2. The summed E-state index contributed by atoms with van der Waals surface area (Å²) in [5.74, 6) is 1.59. The first-order chi connectivity index (χ1) is 9.74. The van der Waals surface area contributed by atoms with Crippen molar-refractivity contribution in [1.82, 2.24) is 4.90 Å². The number of piperidine rings is 1. The lowest BCUT2D eigenvalue weighted by molar-refractivity contribution is 0.0970. The Morgan fingerprint density at radius 2 is 1.95 bits per heavy atom. The minimum Gasteiger partial charge on any atom is -0.496 e. The lowest BCUT2D eigenvalue weighted by atomic mass is 9.97. The van der Waals surface area contributed by atoms with Crippen LogP contribution in [0, 0.1) is 5.92 Å². The Morgan fingerprint density at radius 1 is 1.25 bits per heavy atom. The zero-order valence-corrected chi connectivity index (χ0v) is 12.5. The summed E-state index contributed by atoms with van der Waals surface area (Å²) in [6.07, 6.45) is 2.40. The highest BCUT2D eigenvalue weighted by atomic mass is 16.5. The maximum atomic E-state index is 6.35. The molecule has 1 saturated heterocycles. The first-order valence-corrected chi connectivity index (χ1v) is 7.34. The van der Waals surface area contributed by atoms with Crippen LogP contribution < -0.4 is 10.5 Å². The second-order valence-corrected chi connectivity index (χ2v) is 5.55. The van der Waals surface area contributed by atoms with Gasteiger partial charge in [0.25, 0.3) is 0 Å². The van der Waals surface area contributed by atoms with E-state index in [4.69, 9.17) is 15.2 Å². The number of methoxy groups -OCH3 is 2. The van der Waals surface area contributed by atoms with Crippen molar-refractivity contribution in [2.24, 2.45) is 11.7 Å². The van der Waals surface area contributed by atoms with Crippen LogP contribution in [-0.4, -0.2) is 45.4 Å². The molecule has 0 aromatic heterocycles. The fraction of sp³-hybridized carbons (Fsp3) is 0.625. The maximum absolute atomic E-state index is 6.35. The van der Waals surface area contributed by atoms with E-state index in [0.29, 0.717) is 5.92 Å². The third kappa shape index (κ3) is 3.95. The molecule has 1 unspecified atom stereocenters. The molecule has 20 heavy (non-hydrogen) atoms. The molecule has 0 amide bonds. The standard InChI is InChI=1S/C16H26N2O2/c1-19-12-13-7-9-18(10-8-13)11-15(17)14-5-3-4-6-16(14)20-2/h3-6,13,15H,7-12,17H2,1-2H3. The Hall–Kier alpha value is -1.10. The van der Waals surface area contributed by atoms with E-state index in [-0.39, 0.29) is 6.04 Å². The van der Waals surface area contributed by atoms with Crippen LogP contribution in [0.15, 0.2) is 24.3 Å². The van der Waals surface area contributed by atoms with Crippen molar-refractivity contribution < 1.29 is 9.47 Å². The molecule has 1 heterocycles. The van der Waals surface area contributed by atoms with Crippen molar-refractivity contribution >= 4 is 0 Å². The average Bonchev–Trinajstić information content (AvgIpc) is 2.49. The second kappa shape index (κ2) is 7.62. The average molecular weight is 278 g/mol. The first-order valence-electron chi connectivity index (χ1n) is 7.34. The highest BCUT2D eigenvalue weighted by Gasteiger charge is 2.21. The van der Waals surface area contributed by atoms with Crippen molar-refractivity contribution in [2.45, 2.75) is 18.9 Å². The normalized spacial score (nSPS) is 18.9. The molecule has 1 fully saturated rings. The van der Waals surface area contributed by atoms with Gasteiger partial charge in [0.15, 0.2) is 0 Å². The minimum atomic E-state index is 0.00475. The second-order valence-electron chi connectivity index (χ2n) is 5.55. The van der Waals surface area contributed by atoms with Crippen LogP contribution in [0.25, 0.3) is 0 Å². The van der Waals surface area contributed by atoms with Gasteiger partial charge in [-0.25, -0.2) is 0 Å². The molecule has 0 bridgehead atoms. The molecule has 0 spiro atoms. The number of para-hydroxylation sites is 1.